The third-order valence-electron chi connectivity index (χ3n) is 5.70. The van der Waals surface area contributed by atoms with Gasteiger partial charge < -0.3 is 10.5 Å². The van der Waals surface area contributed by atoms with Crippen molar-refractivity contribution in [3.63, 3.8) is 0 Å². The molecule has 1 aromatic carbocycles. The summed E-state index contributed by atoms with van der Waals surface area (Å²) in [5.74, 6) is 0. The van der Waals surface area contributed by atoms with Gasteiger partial charge in [-0.05, 0) is 49.3 Å². The normalized spacial score (nSPS) is 28.1. The molecule has 1 saturated carbocycles. The Kier molecular flexibility index (Phi) is 3.43. The SMILES string of the molecule is Nc1cccc2c1CN(CC1CCC3(CCCC3)O1)CC2. The average molecular weight is 286 g/mol. The predicted molar refractivity (Wildman–Crippen MR) is 85.1 cm³/mol. The summed E-state index contributed by atoms with van der Waals surface area (Å²) in [6.45, 7) is 3.22. The number of nitrogens with two attached hydrogens (primary N) is 1. The van der Waals surface area contributed by atoms with E-state index >= 15 is 0 Å². The lowest BCUT2D eigenvalue weighted by molar-refractivity contribution is -0.0484. The summed E-state index contributed by atoms with van der Waals surface area (Å²) in [6, 6.07) is 6.33. The van der Waals surface area contributed by atoms with Crippen LogP contribution in [-0.4, -0.2) is 29.7 Å². The first kappa shape index (κ1) is 13.6. The molecule has 1 unspecified atom stereocenters. The van der Waals surface area contributed by atoms with Crippen LogP contribution in [0.1, 0.15) is 49.7 Å². The van der Waals surface area contributed by atoms with Crippen LogP contribution in [0.4, 0.5) is 5.69 Å². The van der Waals surface area contributed by atoms with E-state index in [0.717, 1.165) is 31.7 Å². The molecule has 1 spiro atoms. The van der Waals surface area contributed by atoms with Gasteiger partial charge in [0.1, 0.15) is 0 Å². The van der Waals surface area contributed by atoms with Crippen molar-refractivity contribution in [1.29, 1.82) is 0 Å². The molecule has 114 valence electrons. The Morgan fingerprint density at radius 3 is 2.95 bits per heavy atom. The quantitative estimate of drug-likeness (QED) is 0.849. The van der Waals surface area contributed by atoms with Crippen LogP contribution in [0.5, 0.6) is 0 Å². The molecule has 1 saturated heterocycles. The summed E-state index contributed by atoms with van der Waals surface area (Å²) < 4.78 is 6.46. The van der Waals surface area contributed by atoms with E-state index in [4.69, 9.17) is 10.5 Å². The Morgan fingerprint density at radius 2 is 2.10 bits per heavy atom. The minimum Gasteiger partial charge on any atom is -0.398 e. The molecular weight excluding hydrogens is 260 g/mol. The number of hydrogen-bond acceptors (Lipinski definition) is 3. The van der Waals surface area contributed by atoms with E-state index in [9.17, 15) is 0 Å². The van der Waals surface area contributed by atoms with Crippen LogP contribution in [0.25, 0.3) is 0 Å². The molecule has 3 nitrogen and oxygen atoms in total. The van der Waals surface area contributed by atoms with E-state index in [1.54, 1.807) is 0 Å². The van der Waals surface area contributed by atoms with Gasteiger partial charge in [-0.1, -0.05) is 25.0 Å². The monoisotopic (exact) mass is 286 g/mol. The average Bonchev–Trinajstić information content (AvgIpc) is 3.11. The van der Waals surface area contributed by atoms with E-state index in [1.807, 2.05) is 6.07 Å². The molecule has 0 amide bonds. The highest BCUT2D eigenvalue weighted by atomic mass is 16.5. The van der Waals surface area contributed by atoms with Crippen molar-refractivity contribution in [2.75, 3.05) is 18.8 Å². The number of anilines is 1. The molecule has 0 bridgehead atoms. The third-order valence-corrected chi connectivity index (χ3v) is 5.70. The standard InChI is InChI=1S/C18H26N2O/c19-17-5-3-4-14-7-11-20(13-16(14)17)12-15-6-10-18(21-15)8-1-2-9-18/h3-5,15H,1-2,6-13,19H2. The van der Waals surface area contributed by atoms with E-state index in [-0.39, 0.29) is 5.60 Å². The molecule has 0 radical (unpaired) electrons. The van der Waals surface area contributed by atoms with Gasteiger partial charge in [-0.25, -0.2) is 0 Å². The number of nitrogens with zero attached hydrogens (tertiary/aromatic N) is 1. The highest BCUT2D eigenvalue weighted by Gasteiger charge is 2.42. The van der Waals surface area contributed by atoms with E-state index in [0.29, 0.717) is 6.10 Å². The van der Waals surface area contributed by atoms with Gasteiger partial charge in [-0.2, -0.15) is 0 Å². The Hall–Kier alpha value is -1.06. The van der Waals surface area contributed by atoms with E-state index in [1.165, 1.54) is 49.7 Å². The van der Waals surface area contributed by atoms with Gasteiger partial charge in [-0.15, -0.1) is 0 Å². The van der Waals surface area contributed by atoms with Gasteiger partial charge >= 0.3 is 0 Å². The largest absolute Gasteiger partial charge is 0.398 e. The topological polar surface area (TPSA) is 38.5 Å². The highest BCUT2D eigenvalue weighted by molar-refractivity contribution is 5.51. The molecule has 3 heteroatoms. The molecule has 1 atom stereocenters. The maximum atomic E-state index is 6.46. The van der Waals surface area contributed by atoms with E-state index in [2.05, 4.69) is 17.0 Å². The number of hydrogen-bond donors (Lipinski definition) is 1. The molecule has 2 N–H and O–H groups in total. The summed E-state index contributed by atoms with van der Waals surface area (Å²) in [6.07, 6.45) is 9.39. The van der Waals surface area contributed by atoms with Crippen LogP contribution >= 0.6 is 0 Å². The van der Waals surface area contributed by atoms with Crippen molar-refractivity contribution in [2.45, 2.75) is 63.2 Å². The molecule has 0 aromatic heterocycles. The minimum atomic E-state index is 0.261. The van der Waals surface area contributed by atoms with Crippen LogP contribution in [0.3, 0.4) is 0 Å². The van der Waals surface area contributed by atoms with Crippen LogP contribution in [-0.2, 0) is 17.7 Å². The first-order chi connectivity index (χ1) is 10.2. The predicted octanol–water partition coefficient (Wildman–Crippen LogP) is 3.12. The number of ether oxygens (including phenoxy) is 1. The Labute approximate surface area is 127 Å². The second-order valence-electron chi connectivity index (χ2n) is 7.14. The van der Waals surface area contributed by atoms with Crippen LogP contribution < -0.4 is 5.73 Å². The molecule has 1 aromatic rings. The summed E-state index contributed by atoms with van der Waals surface area (Å²) in [7, 11) is 0. The number of rotatable bonds is 2. The fourth-order valence-electron chi connectivity index (χ4n) is 4.52. The van der Waals surface area contributed by atoms with E-state index < -0.39 is 0 Å². The lowest BCUT2D eigenvalue weighted by atomic mass is 9.97. The maximum Gasteiger partial charge on any atom is 0.0710 e. The van der Waals surface area contributed by atoms with Crippen molar-refractivity contribution >= 4 is 5.69 Å². The zero-order valence-corrected chi connectivity index (χ0v) is 12.8. The summed E-state index contributed by atoms with van der Waals surface area (Å²) in [5, 5.41) is 0. The van der Waals surface area contributed by atoms with Crippen LogP contribution in [0, 0.1) is 0 Å². The van der Waals surface area contributed by atoms with Gasteiger partial charge in [-0.3, -0.25) is 4.90 Å². The highest BCUT2D eigenvalue weighted by Crippen LogP contribution is 2.43. The van der Waals surface area contributed by atoms with Gasteiger partial charge in [0.15, 0.2) is 0 Å². The maximum absolute atomic E-state index is 6.46. The first-order valence-corrected chi connectivity index (χ1v) is 8.51. The molecular formula is C18H26N2O. The van der Waals surface area contributed by atoms with Crippen LogP contribution in [0.15, 0.2) is 18.2 Å². The van der Waals surface area contributed by atoms with Crippen molar-refractivity contribution in [3.8, 4) is 0 Å². The van der Waals surface area contributed by atoms with Crippen molar-refractivity contribution in [1.82, 2.24) is 4.90 Å². The van der Waals surface area contributed by atoms with Crippen molar-refractivity contribution < 1.29 is 4.74 Å². The third kappa shape index (κ3) is 2.58. The fraction of sp³-hybridized carbons (Fsp3) is 0.667. The smallest absolute Gasteiger partial charge is 0.0710 e. The summed E-state index contributed by atoms with van der Waals surface area (Å²) in [4.78, 5) is 2.54. The number of nitrogen functional groups attached to an aromatic ring is 1. The molecule has 3 aliphatic rings. The molecule has 2 heterocycles. The van der Waals surface area contributed by atoms with Gasteiger partial charge in [0.05, 0.1) is 11.7 Å². The van der Waals surface area contributed by atoms with Gasteiger partial charge in [0.2, 0.25) is 0 Å². The molecule has 2 aliphatic heterocycles. The van der Waals surface area contributed by atoms with Crippen LogP contribution in [0.2, 0.25) is 0 Å². The Bertz CT molecular complexity index is 522. The van der Waals surface area contributed by atoms with Crippen molar-refractivity contribution in [3.05, 3.63) is 29.3 Å². The summed E-state index contributed by atoms with van der Waals surface area (Å²) >= 11 is 0. The molecule has 1 aliphatic carbocycles. The minimum absolute atomic E-state index is 0.261. The zero-order chi connectivity index (χ0) is 14.3. The Morgan fingerprint density at radius 1 is 1.24 bits per heavy atom. The van der Waals surface area contributed by atoms with Crippen molar-refractivity contribution in [2.24, 2.45) is 0 Å². The number of benzene rings is 1. The fourth-order valence-corrected chi connectivity index (χ4v) is 4.52. The molecule has 2 fully saturated rings. The zero-order valence-electron chi connectivity index (χ0n) is 12.8. The number of fused-ring (bicyclic) bond motifs is 1. The lowest BCUT2D eigenvalue weighted by Gasteiger charge is -2.32. The second-order valence-corrected chi connectivity index (χ2v) is 7.14. The molecule has 21 heavy (non-hydrogen) atoms. The first-order valence-electron chi connectivity index (χ1n) is 8.51. The molecule has 4 rings (SSSR count). The lowest BCUT2D eigenvalue weighted by Crippen LogP contribution is -2.38. The Balaban J connectivity index is 1.40. The summed E-state index contributed by atoms with van der Waals surface area (Å²) in [5.41, 5.74) is 10.1. The second kappa shape index (κ2) is 5.29. The van der Waals surface area contributed by atoms with Gasteiger partial charge in [0.25, 0.3) is 0 Å². The van der Waals surface area contributed by atoms with Gasteiger partial charge in [0, 0.05) is 25.3 Å².